The Hall–Kier alpha value is -2.30. The molecule has 1 saturated heterocycles. The SMILES string of the molecule is Cc1cc2occ(CC(=O)OCC(=O)N3CCC[C@@H](C)C3)c2cc1C. The third-order valence-corrected chi connectivity index (χ3v) is 4.97. The summed E-state index contributed by atoms with van der Waals surface area (Å²) in [5.41, 5.74) is 3.86. The van der Waals surface area contributed by atoms with Gasteiger partial charge in [0.1, 0.15) is 5.58 Å². The van der Waals surface area contributed by atoms with Crippen molar-refractivity contribution in [2.24, 2.45) is 5.92 Å². The monoisotopic (exact) mass is 343 g/mol. The summed E-state index contributed by atoms with van der Waals surface area (Å²) in [6.07, 6.45) is 3.87. The van der Waals surface area contributed by atoms with Gasteiger partial charge in [0.2, 0.25) is 0 Å². The van der Waals surface area contributed by atoms with Gasteiger partial charge in [0, 0.05) is 24.0 Å². The molecule has 2 heterocycles. The van der Waals surface area contributed by atoms with E-state index in [9.17, 15) is 9.59 Å². The van der Waals surface area contributed by atoms with Crippen molar-refractivity contribution in [2.75, 3.05) is 19.7 Å². The summed E-state index contributed by atoms with van der Waals surface area (Å²) in [4.78, 5) is 26.1. The van der Waals surface area contributed by atoms with Crippen molar-refractivity contribution in [3.8, 4) is 0 Å². The number of piperidine rings is 1. The number of fused-ring (bicyclic) bond motifs is 1. The van der Waals surface area contributed by atoms with Crippen LogP contribution in [0.3, 0.4) is 0 Å². The van der Waals surface area contributed by atoms with Crippen molar-refractivity contribution < 1.29 is 18.7 Å². The Morgan fingerprint density at radius 2 is 2.04 bits per heavy atom. The number of aryl methyl sites for hydroxylation is 2. The minimum atomic E-state index is -0.403. The molecule has 5 heteroatoms. The van der Waals surface area contributed by atoms with Gasteiger partial charge in [-0.3, -0.25) is 9.59 Å². The van der Waals surface area contributed by atoms with Crippen LogP contribution in [-0.2, 0) is 20.7 Å². The van der Waals surface area contributed by atoms with Crippen LogP contribution in [0.5, 0.6) is 0 Å². The molecular formula is C20H25NO4. The Labute approximate surface area is 147 Å². The van der Waals surface area contributed by atoms with Crippen molar-refractivity contribution in [1.82, 2.24) is 4.90 Å². The number of furan rings is 1. The van der Waals surface area contributed by atoms with Gasteiger partial charge < -0.3 is 14.1 Å². The zero-order valence-electron chi connectivity index (χ0n) is 15.1. The summed E-state index contributed by atoms with van der Waals surface area (Å²) in [5, 5.41) is 0.927. The second kappa shape index (κ2) is 7.30. The first kappa shape index (κ1) is 17.5. The average Bonchev–Trinajstić information content (AvgIpc) is 2.95. The first-order valence-electron chi connectivity index (χ1n) is 8.84. The molecule has 0 saturated carbocycles. The lowest BCUT2D eigenvalue weighted by atomic mass is 10.0. The molecule has 2 aromatic rings. The highest BCUT2D eigenvalue weighted by Crippen LogP contribution is 2.25. The molecule has 0 bridgehead atoms. The maximum absolute atomic E-state index is 12.2. The van der Waals surface area contributed by atoms with E-state index in [4.69, 9.17) is 9.15 Å². The molecular weight excluding hydrogens is 318 g/mol. The number of esters is 1. The summed E-state index contributed by atoms with van der Waals surface area (Å²) in [7, 11) is 0. The van der Waals surface area contributed by atoms with E-state index in [2.05, 4.69) is 6.92 Å². The van der Waals surface area contributed by atoms with E-state index in [1.807, 2.05) is 26.0 Å². The second-order valence-corrected chi connectivity index (χ2v) is 7.12. The summed E-state index contributed by atoms with van der Waals surface area (Å²) < 4.78 is 10.7. The molecule has 0 radical (unpaired) electrons. The van der Waals surface area contributed by atoms with Crippen LogP contribution in [0.25, 0.3) is 11.0 Å². The Bertz CT molecular complexity index is 792. The maximum Gasteiger partial charge on any atom is 0.310 e. The molecule has 25 heavy (non-hydrogen) atoms. The number of ether oxygens (including phenoxy) is 1. The van der Waals surface area contributed by atoms with Crippen LogP contribution in [0.2, 0.25) is 0 Å². The summed E-state index contributed by atoms with van der Waals surface area (Å²) in [6, 6.07) is 4.00. The molecule has 0 spiro atoms. The maximum atomic E-state index is 12.2. The topological polar surface area (TPSA) is 59.8 Å². The third kappa shape index (κ3) is 4.03. The lowest BCUT2D eigenvalue weighted by Crippen LogP contribution is -2.41. The quantitative estimate of drug-likeness (QED) is 0.799. The van der Waals surface area contributed by atoms with Gasteiger partial charge in [-0.15, -0.1) is 0 Å². The van der Waals surface area contributed by atoms with E-state index >= 15 is 0 Å². The van der Waals surface area contributed by atoms with Crippen molar-refractivity contribution >= 4 is 22.8 Å². The van der Waals surface area contributed by atoms with E-state index in [0.29, 0.717) is 5.92 Å². The molecule has 1 atom stereocenters. The molecule has 134 valence electrons. The van der Waals surface area contributed by atoms with Crippen molar-refractivity contribution in [2.45, 2.75) is 40.0 Å². The summed E-state index contributed by atoms with van der Waals surface area (Å²) in [6.45, 7) is 7.52. The van der Waals surface area contributed by atoms with Crippen LogP contribution in [-0.4, -0.2) is 36.5 Å². The largest absolute Gasteiger partial charge is 0.464 e. The van der Waals surface area contributed by atoms with Crippen molar-refractivity contribution in [3.63, 3.8) is 0 Å². The Morgan fingerprint density at radius 3 is 2.80 bits per heavy atom. The molecule has 5 nitrogen and oxygen atoms in total. The predicted molar refractivity (Wildman–Crippen MR) is 95.3 cm³/mol. The number of hydrogen-bond donors (Lipinski definition) is 0. The van der Waals surface area contributed by atoms with Gasteiger partial charge >= 0.3 is 5.97 Å². The zero-order chi connectivity index (χ0) is 18.0. The molecule has 3 rings (SSSR count). The standard InChI is InChI=1S/C20H25NO4/c1-13-5-4-6-21(10-13)19(22)12-25-20(23)9-16-11-24-18-8-15(3)14(2)7-17(16)18/h7-8,11,13H,4-6,9-10,12H2,1-3H3/t13-/m1/s1. The van der Waals surface area contributed by atoms with E-state index in [-0.39, 0.29) is 18.9 Å². The first-order chi connectivity index (χ1) is 11.9. The molecule has 1 aromatic carbocycles. The first-order valence-corrected chi connectivity index (χ1v) is 8.84. The second-order valence-electron chi connectivity index (χ2n) is 7.12. The lowest BCUT2D eigenvalue weighted by Gasteiger charge is -2.30. The fourth-order valence-corrected chi connectivity index (χ4v) is 3.33. The van der Waals surface area contributed by atoms with Gasteiger partial charge in [0.25, 0.3) is 5.91 Å². The van der Waals surface area contributed by atoms with E-state index in [0.717, 1.165) is 53.6 Å². The van der Waals surface area contributed by atoms with Crippen LogP contribution in [0.15, 0.2) is 22.8 Å². The van der Waals surface area contributed by atoms with E-state index in [1.54, 1.807) is 11.2 Å². The van der Waals surface area contributed by atoms with E-state index < -0.39 is 5.97 Å². The number of amides is 1. The molecule has 1 amide bonds. The molecule has 0 unspecified atom stereocenters. The van der Waals surface area contributed by atoms with Gasteiger partial charge in [-0.05, 0) is 55.9 Å². The highest BCUT2D eigenvalue weighted by atomic mass is 16.5. The van der Waals surface area contributed by atoms with Gasteiger partial charge in [0.05, 0.1) is 12.7 Å². The normalized spacial score (nSPS) is 17.7. The molecule has 1 aliphatic rings. The Balaban J connectivity index is 1.58. The van der Waals surface area contributed by atoms with Crippen LogP contribution in [0, 0.1) is 19.8 Å². The van der Waals surface area contributed by atoms with Crippen molar-refractivity contribution in [3.05, 3.63) is 35.1 Å². The minimum Gasteiger partial charge on any atom is -0.464 e. The van der Waals surface area contributed by atoms with Gasteiger partial charge in [0.15, 0.2) is 6.61 Å². The predicted octanol–water partition coefficient (Wildman–Crippen LogP) is 3.39. The fraction of sp³-hybridized carbons (Fsp3) is 0.500. The smallest absolute Gasteiger partial charge is 0.310 e. The number of hydrogen-bond acceptors (Lipinski definition) is 4. The van der Waals surface area contributed by atoms with Gasteiger partial charge in [-0.1, -0.05) is 6.92 Å². The average molecular weight is 343 g/mol. The zero-order valence-corrected chi connectivity index (χ0v) is 15.1. The third-order valence-electron chi connectivity index (χ3n) is 4.97. The number of rotatable bonds is 4. The summed E-state index contributed by atoms with van der Waals surface area (Å²) >= 11 is 0. The number of carbonyl (C=O) groups is 2. The lowest BCUT2D eigenvalue weighted by molar-refractivity contribution is -0.152. The molecule has 1 aromatic heterocycles. The highest BCUT2D eigenvalue weighted by molar-refractivity contribution is 5.87. The minimum absolute atomic E-state index is 0.108. The Morgan fingerprint density at radius 1 is 1.28 bits per heavy atom. The molecule has 0 aliphatic carbocycles. The van der Waals surface area contributed by atoms with Gasteiger partial charge in [-0.25, -0.2) is 0 Å². The van der Waals surface area contributed by atoms with Gasteiger partial charge in [-0.2, -0.15) is 0 Å². The van der Waals surface area contributed by atoms with E-state index in [1.165, 1.54) is 0 Å². The van der Waals surface area contributed by atoms with Crippen LogP contribution in [0.1, 0.15) is 36.5 Å². The van der Waals surface area contributed by atoms with Crippen LogP contribution < -0.4 is 0 Å². The van der Waals surface area contributed by atoms with Crippen molar-refractivity contribution in [1.29, 1.82) is 0 Å². The van der Waals surface area contributed by atoms with Crippen LogP contribution in [0.4, 0.5) is 0 Å². The number of carbonyl (C=O) groups excluding carboxylic acids is 2. The fourth-order valence-electron chi connectivity index (χ4n) is 3.33. The Kier molecular flexibility index (Phi) is 5.11. The highest BCUT2D eigenvalue weighted by Gasteiger charge is 2.22. The molecule has 0 N–H and O–H groups in total. The number of benzene rings is 1. The number of nitrogens with zero attached hydrogens (tertiary/aromatic N) is 1. The number of likely N-dealkylation sites (tertiary alicyclic amines) is 1. The molecule has 1 fully saturated rings. The van der Waals surface area contributed by atoms with Crippen LogP contribution >= 0.6 is 0 Å². The molecule has 1 aliphatic heterocycles. The summed E-state index contributed by atoms with van der Waals surface area (Å²) in [5.74, 6) is 0.000138.